The molecule has 6 nitrogen and oxygen atoms in total. The molecule has 0 aliphatic heterocycles. The molecule has 0 amide bonds. The smallest absolute Gasteiger partial charge is 0.214 e. The lowest BCUT2D eigenvalue weighted by Gasteiger charge is -2.27. The largest absolute Gasteiger partial charge is 0.444 e. The molecule has 0 spiro atoms. The van der Waals surface area contributed by atoms with E-state index in [-0.39, 0.29) is 24.0 Å². The van der Waals surface area contributed by atoms with E-state index in [0.29, 0.717) is 18.5 Å². The van der Waals surface area contributed by atoms with Crippen molar-refractivity contribution in [3.63, 3.8) is 0 Å². The molecule has 1 unspecified atom stereocenters. The van der Waals surface area contributed by atoms with Crippen molar-refractivity contribution in [2.24, 2.45) is 4.99 Å². The van der Waals surface area contributed by atoms with E-state index in [1.54, 1.807) is 7.05 Å². The van der Waals surface area contributed by atoms with Crippen LogP contribution in [0.4, 0.5) is 0 Å². The molecule has 0 fully saturated rings. The number of aromatic nitrogens is 1. The standard InChI is InChI=1S/C15H29N5O.HI/c1-7-20(8-2)11(3)9-17-15(16-6)18-10-14-19-12(4)13(5)21-14;/h11H,7-10H2,1-6H3,(H2,16,17,18);1H. The van der Waals surface area contributed by atoms with Crippen LogP contribution in [0.3, 0.4) is 0 Å². The predicted molar refractivity (Wildman–Crippen MR) is 102 cm³/mol. The molecular weight excluding hydrogens is 393 g/mol. The molecule has 0 aliphatic carbocycles. The molecule has 1 aromatic heterocycles. The zero-order valence-electron chi connectivity index (χ0n) is 14.6. The second kappa shape index (κ2) is 10.8. The molecule has 1 atom stereocenters. The van der Waals surface area contributed by atoms with Gasteiger partial charge in [0.05, 0.1) is 12.2 Å². The summed E-state index contributed by atoms with van der Waals surface area (Å²) in [6.45, 7) is 13.9. The van der Waals surface area contributed by atoms with E-state index in [9.17, 15) is 0 Å². The number of hydrogen-bond acceptors (Lipinski definition) is 4. The van der Waals surface area contributed by atoms with Gasteiger partial charge in [-0.3, -0.25) is 9.89 Å². The quantitative estimate of drug-likeness (QED) is 0.400. The van der Waals surface area contributed by atoms with E-state index in [1.165, 1.54) is 0 Å². The molecular formula is C15H30IN5O. The molecule has 0 aliphatic rings. The van der Waals surface area contributed by atoms with Gasteiger partial charge in [0.2, 0.25) is 5.89 Å². The maximum absolute atomic E-state index is 5.54. The number of aliphatic imine (C=N–C) groups is 1. The van der Waals surface area contributed by atoms with Crippen molar-refractivity contribution in [1.29, 1.82) is 0 Å². The van der Waals surface area contributed by atoms with E-state index in [0.717, 1.165) is 37.0 Å². The van der Waals surface area contributed by atoms with Gasteiger partial charge in [-0.15, -0.1) is 24.0 Å². The van der Waals surface area contributed by atoms with E-state index in [4.69, 9.17) is 4.42 Å². The minimum absolute atomic E-state index is 0. The summed E-state index contributed by atoms with van der Waals surface area (Å²) in [4.78, 5) is 11.0. The molecule has 2 N–H and O–H groups in total. The number of guanidine groups is 1. The van der Waals surface area contributed by atoms with Crippen molar-refractivity contribution in [3.05, 3.63) is 17.3 Å². The number of aryl methyl sites for hydroxylation is 2. The first kappa shape index (κ1) is 21.2. The van der Waals surface area contributed by atoms with Gasteiger partial charge < -0.3 is 15.1 Å². The molecule has 0 saturated heterocycles. The van der Waals surface area contributed by atoms with Crippen LogP contribution in [0, 0.1) is 13.8 Å². The summed E-state index contributed by atoms with van der Waals surface area (Å²) in [5, 5.41) is 6.56. The van der Waals surface area contributed by atoms with Crippen LogP contribution in [0.1, 0.15) is 38.1 Å². The number of likely N-dealkylation sites (N-methyl/N-ethyl adjacent to an activating group) is 1. The Morgan fingerprint density at radius 3 is 2.36 bits per heavy atom. The Morgan fingerprint density at radius 1 is 1.27 bits per heavy atom. The summed E-state index contributed by atoms with van der Waals surface area (Å²) in [5.41, 5.74) is 0.935. The average molecular weight is 423 g/mol. The molecule has 128 valence electrons. The number of halogens is 1. The second-order valence-corrected chi connectivity index (χ2v) is 5.13. The van der Waals surface area contributed by atoms with Gasteiger partial charge in [-0.25, -0.2) is 4.98 Å². The SMILES string of the molecule is CCN(CC)C(C)CNC(=NC)NCc1nc(C)c(C)o1.I. The van der Waals surface area contributed by atoms with Crippen molar-refractivity contribution in [2.45, 2.75) is 47.2 Å². The van der Waals surface area contributed by atoms with Gasteiger partial charge in [-0.2, -0.15) is 0 Å². The van der Waals surface area contributed by atoms with Crippen LogP contribution < -0.4 is 10.6 Å². The van der Waals surface area contributed by atoms with Crippen LogP contribution in [0.2, 0.25) is 0 Å². The predicted octanol–water partition coefficient (Wildman–Crippen LogP) is 2.30. The number of hydrogen-bond donors (Lipinski definition) is 2. The van der Waals surface area contributed by atoms with Crippen LogP contribution in [-0.2, 0) is 6.54 Å². The Labute approximate surface area is 151 Å². The van der Waals surface area contributed by atoms with Crippen LogP contribution in [0.5, 0.6) is 0 Å². The first-order chi connectivity index (χ1) is 10.0. The highest BCUT2D eigenvalue weighted by Crippen LogP contribution is 2.07. The molecule has 22 heavy (non-hydrogen) atoms. The summed E-state index contributed by atoms with van der Waals surface area (Å²) in [6.07, 6.45) is 0. The van der Waals surface area contributed by atoms with E-state index in [1.807, 2.05) is 13.8 Å². The molecule has 1 rings (SSSR count). The van der Waals surface area contributed by atoms with Crippen molar-refractivity contribution in [1.82, 2.24) is 20.5 Å². The lowest BCUT2D eigenvalue weighted by atomic mass is 10.3. The second-order valence-electron chi connectivity index (χ2n) is 5.13. The molecule has 0 saturated carbocycles. The number of rotatable bonds is 7. The fourth-order valence-electron chi connectivity index (χ4n) is 2.22. The lowest BCUT2D eigenvalue weighted by molar-refractivity contribution is 0.231. The summed E-state index contributed by atoms with van der Waals surface area (Å²) in [6, 6.07) is 0.463. The third kappa shape index (κ3) is 6.51. The highest BCUT2D eigenvalue weighted by molar-refractivity contribution is 14.0. The topological polar surface area (TPSA) is 65.7 Å². The Kier molecular flexibility index (Phi) is 10.4. The van der Waals surface area contributed by atoms with Crippen molar-refractivity contribution >= 4 is 29.9 Å². The highest BCUT2D eigenvalue weighted by Gasteiger charge is 2.11. The lowest BCUT2D eigenvalue weighted by Crippen LogP contribution is -2.45. The van der Waals surface area contributed by atoms with E-state index < -0.39 is 0 Å². The van der Waals surface area contributed by atoms with Crippen molar-refractivity contribution < 1.29 is 4.42 Å². The number of nitrogens with zero attached hydrogens (tertiary/aromatic N) is 3. The van der Waals surface area contributed by atoms with Gasteiger partial charge >= 0.3 is 0 Å². The average Bonchev–Trinajstić information content (AvgIpc) is 2.79. The Hall–Kier alpha value is -0.830. The monoisotopic (exact) mass is 423 g/mol. The molecule has 0 radical (unpaired) electrons. The zero-order valence-corrected chi connectivity index (χ0v) is 16.9. The fraction of sp³-hybridized carbons (Fsp3) is 0.733. The Balaban J connectivity index is 0.00000441. The van der Waals surface area contributed by atoms with Gasteiger partial charge in [0.15, 0.2) is 5.96 Å². The highest BCUT2D eigenvalue weighted by atomic mass is 127. The fourth-order valence-corrected chi connectivity index (χ4v) is 2.22. The Bertz CT molecular complexity index is 437. The van der Waals surface area contributed by atoms with Gasteiger partial charge in [-0.1, -0.05) is 13.8 Å². The first-order valence-electron chi connectivity index (χ1n) is 7.63. The van der Waals surface area contributed by atoms with Crippen LogP contribution in [-0.4, -0.2) is 48.6 Å². The van der Waals surface area contributed by atoms with Crippen LogP contribution >= 0.6 is 24.0 Å². The van der Waals surface area contributed by atoms with E-state index in [2.05, 4.69) is 46.3 Å². The minimum atomic E-state index is 0. The minimum Gasteiger partial charge on any atom is -0.444 e. The van der Waals surface area contributed by atoms with Gasteiger partial charge in [0.25, 0.3) is 0 Å². The van der Waals surface area contributed by atoms with Gasteiger partial charge in [0.1, 0.15) is 5.76 Å². The molecule has 1 aromatic rings. The number of oxazole rings is 1. The van der Waals surface area contributed by atoms with Gasteiger partial charge in [-0.05, 0) is 33.9 Å². The maximum Gasteiger partial charge on any atom is 0.214 e. The first-order valence-corrected chi connectivity index (χ1v) is 7.63. The third-order valence-electron chi connectivity index (χ3n) is 3.70. The van der Waals surface area contributed by atoms with Gasteiger partial charge in [0, 0.05) is 19.6 Å². The van der Waals surface area contributed by atoms with Crippen molar-refractivity contribution in [3.8, 4) is 0 Å². The van der Waals surface area contributed by atoms with E-state index >= 15 is 0 Å². The van der Waals surface area contributed by atoms with Crippen LogP contribution in [0.15, 0.2) is 9.41 Å². The summed E-state index contributed by atoms with van der Waals surface area (Å²) < 4.78 is 5.54. The third-order valence-corrected chi connectivity index (χ3v) is 3.70. The van der Waals surface area contributed by atoms with Crippen LogP contribution in [0.25, 0.3) is 0 Å². The number of nitrogens with one attached hydrogen (secondary N) is 2. The van der Waals surface area contributed by atoms with Crippen molar-refractivity contribution in [2.75, 3.05) is 26.7 Å². The molecule has 0 aromatic carbocycles. The molecule has 7 heteroatoms. The summed E-state index contributed by atoms with van der Waals surface area (Å²) in [5.74, 6) is 2.32. The molecule has 1 heterocycles. The molecule has 0 bridgehead atoms. The Morgan fingerprint density at radius 2 is 1.91 bits per heavy atom. The zero-order chi connectivity index (χ0) is 15.8. The summed E-state index contributed by atoms with van der Waals surface area (Å²) >= 11 is 0. The maximum atomic E-state index is 5.54. The summed E-state index contributed by atoms with van der Waals surface area (Å²) in [7, 11) is 1.77. The normalized spacial score (nSPS) is 13.0.